The van der Waals surface area contributed by atoms with Crippen LogP contribution in [-0.4, -0.2) is 60.0 Å². The Bertz CT molecular complexity index is 969. The molecule has 3 rings (SSSR count). The van der Waals surface area contributed by atoms with E-state index in [1.807, 2.05) is 0 Å². The Hall–Kier alpha value is -2.72. The number of alkyl halides is 3. The van der Waals surface area contributed by atoms with Gasteiger partial charge in [0.05, 0.1) is 24.5 Å². The summed E-state index contributed by atoms with van der Waals surface area (Å²) < 4.78 is 46.4. The van der Waals surface area contributed by atoms with E-state index in [-0.39, 0.29) is 11.4 Å². The summed E-state index contributed by atoms with van der Waals surface area (Å²) in [7, 11) is 0. The van der Waals surface area contributed by atoms with E-state index < -0.39 is 28.8 Å². The molecule has 2 aromatic rings. The van der Waals surface area contributed by atoms with Gasteiger partial charge in [0.1, 0.15) is 0 Å². The average molecular weight is 438 g/mol. The second-order valence-electron chi connectivity index (χ2n) is 7.34. The van der Waals surface area contributed by atoms with Crippen LogP contribution in [0.3, 0.4) is 0 Å². The number of hydrogen-bond donors (Lipinski definition) is 1. The molecule has 2 heterocycles. The third-order valence-electron chi connectivity index (χ3n) is 5.05. The second-order valence-corrected chi connectivity index (χ2v) is 7.34. The van der Waals surface area contributed by atoms with Gasteiger partial charge in [0.2, 0.25) is 5.43 Å². The summed E-state index contributed by atoms with van der Waals surface area (Å²) in [6.07, 6.45) is -3.03. The summed E-state index contributed by atoms with van der Waals surface area (Å²) in [5.41, 5.74) is -2.01. The van der Waals surface area contributed by atoms with E-state index in [9.17, 15) is 22.8 Å². The summed E-state index contributed by atoms with van der Waals surface area (Å²) in [5, 5.41) is 6.60. The van der Waals surface area contributed by atoms with E-state index >= 15 is 0 Å². The Labute approximate surface area is 177 Å². The number of benzene rings is 1. The monoisotopic (exact) mass is 438 g/mol. The predicted octanol–water partition coefficient (Wildman–Crippen LogP) is 2.40. The topological polar surface area (TPSA) is 76.5 Å². The normalized spacial score (nSPS) is 15.1. The zero-order chi connectivity index (χ0) is 22.4. The molecule has 0 spiro atoms. The van der Waals surface area contributed by atoms with E-state index in [0.29, 0.717) is 13.0 Å². The van der Waals surface area contributed by atoms with Gasteiger partial charge in [-0.05, 0) is 38.4 Å². The standard InChI is InChI=1S/C21H25F3N4O3/c1-15-14-18(29)19(20(30)25-8-4-5-9-27-10-12-31-13-11-27)26-28(15)17-7-3-2-6-16(17)21(22,23)24/h2-3,6-7,14H,4-5,8-13H2,1H3,(H,25,30). The molecule has 0 radical (unpaired) electrons. The number of aromatic nitrogens is 2. The number of amides is 1. The minimum absolute atomic E-state index is 0.198. The maximum absolute atomic E-state index is 13.4. The maximum Gasteiger partial charge on any atom is 0.418 e. The van der Waals surface area contributed by atoms with Crippen LogP contribution in [0.2, 0.25) is 0 Å². The van der Waals surface area contributed by atoms with Crippen molar-refractivity contribution in [3.8, 4) is 5.69 Å². The summed E-state index contributed by atoms with van der Waals surface area (Å²) >= 11 is 0. The fourth-order valence-corrected chi connectivity index (χ4v) is 3.42. The van der Waals surface area contributed by atoms with Crippen molar-refractivity contribution >= 4 is 5.91 Å². The van der Waals surface area contributed by atoms with Gasteiger partial charge in [-0.3, -0.25) is 14.5 Å². The number of aryl methyl sites for hydroxylation is 1. The quantitative estimate of drug-likeness (QED) is 0.672. The zero-order valence-electron chi connectivity index (χ0n) is 17.2. The Balaban J connectivity index is 1.68. The van der Waals surface area contributed by atoms with Crippen LogP contribution in [-0.2, 0) is 10.9 Å². The van der Waals surface area contributed by atoms with Gasteiger partial charge >= 0.3 is 6.18 Å². The lowest BCUT2D eigenvalue weighted by atomic mass is 10.1. The van der Waals surface area contributed by atoms with Crippen LogP contribution >= 0.6 is 0 Å². The highest BCUT2D eigenvalue weighted by molar-refractivity contribution is 5.92. The van der Waals surface area contributed by atoms with Crippen molar-refractivity contribution in [3.05, 3.63) is 57.5 Å². The first-order chi connectivity index (χ1) is 14.8. The van der Waals surface area contributed by atoms with Crippen LogP contribution in [0.25, 0.3) is 5.69 Å². The van der Waals surface area contributed by atoms with Gasteiger partial charge in [0.25, 0.3) is 5.91 Å². The lowest BCUT2D eigenvalue weighted by Gasteiger charge is -2.26. The highest BCUT2D eigenvalue weighted by Gasteiger charge is 2.34. The van der Waals surface area contributed by atoms with Crippen molar-refractivity contribution in [1.29, 1.82) is 0 Å². The highest BCUT2D eigenvalue weighted by Crippen LogP contribution is 2.33. The molecule has 1 fully saturated rings. The van der Waals surface area contributed by atoms with Crippen molar-refractivity contribution in [2.24, 2.45) is 0 Å². The molecular formula is C21H25F3N4O3. The lowest BCUT2D eigenvalue weighted by Crippen LogP contribution is -2.37. The third-order valence-corrected chi connectivity index (χ3v) is 5.05. The Kier molecular flexibility index (Phi) is 7.45. The van der Waals surface area contributed by atoms with E-state index in [2.05, 4.69) is 15.3 Å². The van der Waals surface area contributed by atoms with Gasteiger partial charge in [-0.1, -0.05) is 12.1 Å². The van der Waals surface area contributed by atoms with Crippen LogP contribution in [0.5, 0.6) is 0 Å². The second kappa shape index (κ2) is 10.1. The van der Waals surface area contributed by atoms with Crippen molar-refractivity contribution in [3.63, 3.8) is 0 Å². The highest BCUT2D eigenvalue weighted by atomic mass is 19.4. The Morgan fingerprint density at radius 1 is 1.19 bits per heavy atom. The molecule has 1 aromatic heterocycles. The Morgan fingerprint density at radius 2 is 1.90 bits per heavy atom. The summed E-state index contributed by atoms with van der Waals surface area (Å²) in [4.78, 5) is 27.0. The van der Waals surface area contributed by atoms with E-state index in [1.165, 1.54) is 25.1 Å². The first-order valence-corrected chi connectivity index (χ1v) is 10.1. The van der Waals surface area contributed by atoms with E-state index in [0.717, 1.165) is 56.1 Å². The lowest BCUT2D eigenvalue weighted by molar-refractivity contribution is -0.137. The number of para-hydroxylation sites is 1. The zero-order valence-corrected chi connectivity index (χ0v) is 17.2. The molecule has 7 nitrogen and oxygen atoms in total. The number of rotatable bonds is 7. The smallest absolute Gasteiger partial charge is 0.379 e. The van der Waals surface area contributed by atoms with Gasteiger partial charge in [0, 0.05) is 31.4 Å². The molecule has 1 saturated heterocycles. The maximum atomic E-state index is 13.4. The van der Waals surface area contributed by atoms with Crippen molar-refractivity contribution < 1.29 is 22.7 Å². The van der Waals surface area contributed by atoms with Gasteiger partial charge in [-0.15, -0.1) is 0 Å². The first-order valence-electron chi connectivity index (χ1n) is 10.1. The van der Waals surface area contributed by atoms with Gasteiger partial charge < -0.3 is 10.1 Å². The third kappa shape index (κ3) is 5.92. The van der Waals surface area contributed by atoms with E-state index in [1.54, 1.807) is 0 Å². The van der Waals surface area contributed by atoms with Crippen molar-refractivity contribution in [2.45, 2.75) is 25.9 Å². The molecule has 0 aliphatic carbocycles. The minimum Gasteiger partial charge on any atom is -0.379 e. The number of hydrogen-bond acceptors (Lipinski definition) is 5. The number of carbonyl (C=O) groups is 1. The number of nitrogens with zero attached hydrogens (tertiary/aromatic N) is 3. The molecule has 0 bridgehead atoms. The molecule has 31 heavy (non-hydrogen) atoms. The number of carbonyl (C=O) groups excluding carboxylic acids is 1. The van der Waals surface area contributed by atoms with Crippen LogP contribution in [0.15, 0.2) is 35.1 Å². The largest absolute Gasteiger partial charge is 0.418 e. The number of nitrogens with one attached hydrogen (secondary N) is 1. The predicted molar refractivity (Wildman–Crippen MR) is 108 cm³/mol. The van der Waals surface area contributed by atoms with Gasteiger partial charge in [-0.2, -0.15) is 18.3 Å². The number of unbranched alkanes of at least 4 members (excludes halogenated alkanes) is 1. The molecule has 1 aromatic carbocycles. The Morgan fingerprint density at radius 3 is 2.61 bits per heavy atom. The first kappa shape index (κ1) is 23.0. The van der Waals surface area contributed by atoms with Gasteiger partial charge in [0.15, 0.2) is 5.69 Å². The van der Waals surface area contributed by atoms with Crippen LogP contribution in [0.4, 0.5) is 13.2 Å². The number of ether oxygens (including phenoxy) is 1. The van der Waals surface area contributed by atoms with Gasteiger partial charge in [-0.25, -0.2) is 4.68 Å². The molecule has 1 amide bonds. The molecular weight excluding hydrogens is 413 g/mol. The SMILES string of the molecule is Cc1cc(=O)c(C(=O)NCCCCN2CCOCC2)nn1-c1ccccc1C(F)(F)F. The number of morpholine rings is 1. The molecule has 0 unspecified atom stereocenters. The molecule has 0 atom stereocenters. The molecule has 1 N–H and O–H groups in total. The fraction of sp³-hybridized carbons (Fsp3) is 0.476. The van der Waals surface area contributed by atoms with Crippen LogP contribution in [0, 0.1) is 6.92 Å². The molecule has 0 saturated carbocycles. The van der Waals surface area contributed by atoms with Crippen LogP contribution in [0.1, 0.15) is 34.6 Å². The fourth-order valence-electron chi connectivity index (χ4n) is 3.42. The van der Waals surface area contributed by atoms with Crippen molar-refractivity contribution in [2.75, 3.05) is 39.4 Å². The molecule has 10 heteroatoms. The molecule has 1 aliphatic heterocycles. The van der Waals surface area contributed by atoms with Crippen molar-refractivity contribution in [1.82, 2.24) is 20.0 Å². The molecule has 1 aliphatic rings. The summed E-state index contributed by atoms with van der Waals surface area (Å²) in [5.74, 6) is -0.699. The summed E-state index contributed by atoms with van der Waals surface area (Å²) in [6, 6.07) is 6.02. The summed E-state index contributed by atoms with van der Waals surface area (Å²) in [6.45, 7) is 5.92. The number of halogens is 3. The molecule has 168 valence electrons. The minimum atomic E-state index is -4.60. The van der Waals surface area contributed by atoms with Crippen LogP contribution < -0.4 is 10.7 Å². The average Bonchev–Trinajstić information content (AvgIpc) is 2.73. The van der Waals surface area contributed by atoms with E-state index in [4.69, 9.17) is 4.74 Å².